The molecule has 2 heterocycles. The molecule has 0 saturated carbocycles. The van der Waals surface area contributed by atoms with E-state index < -0.39 is 6.04 Å². The lowest BCUT2D eigenvalue weighted by Crippen LogP contribution is -2.38. The molecular formula is C29H28N2PS+. The smallest absolute Gasteiger partial charge is 0.227 e. The number of nitrogens with zero attached hydrogens (tertiary/aromatic N) is 2. The lowest BCUT2D eigenvalue weighted by atomic mass is 10.1. The summed E-state index contributed by atoms with van der Waals surface area (Å²) in [6.45, 7) is 3.21. The molecule has 2 nitrogen and oxygen atoms in total. The first-order chi connectivity index (χ1) is 16.2. The highest BCUT2D eigenvalue weighted by molar-refractivity contribution is 8.25. The lowest BCUT2D eigenvalue weighted by Gasteiger charge is -2.21. The first kappa shape index (κ1) is 21.8. The van der Waals surface area contributed by atoms with E-state index >= 15 is 0 Å². The number of benzene rings is 3. The molecule has 5 rings (SSSR count). The topological polar surface area (TPSA) is 8.29 Å². The predicted octanol–water partition coefficient (Wildman–Crippen LogP) is 4.92. The molecule has 2 aromatic heterocycles. The summed E-state index contributed by atoms with van der Waals surface area (Å²) in [4.78, 5) is 0. The second kappa shape index (κ2) is 9.47. The van der Waals surface area contributed by atoms with E-state index in [0.717, 1.165) is 19.4 Å². The summed E-state index contributed by atoms with van der Waals surface area (Å²) in [6.07, 6.45) is 4.33. The number of pyridine rings is 1. The summed E-state index contributed by atoms with van der Waals surface area (Å²) in [5.74, 6) is 0. The van der Waals surface area contributed by atoms with Crippen molar-refractivity contribution in [1.82, 2.24) is 4.40 Å². The van der Waals surface area contributed by atoms with Gasteiger partial charge in [0, 0.05) is 13.0 Å². The Bertz CT molecular complexity index is 1370. The molecule has 0 spiro atoms. The molecule has 3 aromatic carbocycles. The number of hydrogen-bond donors (Lipinski definition) is 0. The van der Waals surface area contributed by atoms with Gasteiger partial charge in [0.05, 0.1) is 18.8 Å². The Balaban J connectivity index is 1.65. The molecule has 0 radical (unpaired) electrons. The Morgan fingerprint density at radius 1 is 0.727 bits per heavy atom. The van der Waals surface area contributed by atoms with Crippen molar-refractivity contribution in [2.75, 3.05) is 0 Å². The summed E-state index contributed by atoms with van der Waals surface area (Å²) in [5, 5.41) is 2.46. The average Bonchev–Trinajstić information content (AvgIpc) is 3.17. The Morgan fingerprint density at radius 3 is 1.88 bits per heavy atom. The Hall–Kier alpha value is -3.00. The minimum absolute atomic E-state index is 0.965. The van der Waals surface area contributed by atoms with Crippen molar-refractivity contribution >= 4 is 39.5 Å². The third-order valence-corrected chi connectivity index (χ3v) is 11.3. The molecule has 33 heavy (non-hydrogen) atoms. The summed E-state index contributed by atoms with van der Waals surface area (Å²) in [6, 6.07) is 36.3. The molecule has 0 fully saturated rings. The van der Waals surface area contributed by atoms with Crippen LogP contribution in [0.1, 0.15) is 17.7 Å². The van der Waals surface area contributed by atoms with Crippen LogP contribution in [0.25, 0.3) is 5.65 Å². The molecule has 0 aliphatic carbocycles. The molecular weight excluding hydrogens is 439 g/mol. The number of aryl methyl sites for hydroxylation is 2. The minimum Gasteiger partial charge on any atom is -0.227 e. The zero-order chi connectivity index (χ0) is 22.7. The van der Waals surface area contributed by atoms with Crippen LogP contribution in [-0.2, 0) is 24.8 Å². The van der Waals surface area contributed by atoms with Gasteiger partial charge in [-0.2, -0.15) is 4.40 Å². The number of imidazole rings is 1. The van der Waals surface area contributed by atoms with Gasteiger partial charge in [0.15, 0.2) is 5.44 Å². The summed E-state index contributed by atoms with van der Waals surface area (Å²) in [5.41, 5.74) is 5.12. The average molecular weight is 468 g/mol. The number of aromatic nitrogens is 2. The molecule has 4 heteroatoms. The number of fused-ring (bicyclic) bond motifs is 1. The van der Waals surface area contributed by atoms with Crippen LogP contribution in [0.2, 0.25) is 0 Å². The van der Waals surface area contributed by atoms with E-state index in [1.165, 1.54) is 32.9 Å². The zero-order valence-corrected chi connectivity index (χ0v) is 20.6. The molecule has 0 atom stereocenters. The summed E-state index contributed by atoms with van der Waals surface area (Å²) < 4.78 is 4.81. The Kier molecular flexibility index (Phi) is 6.26. The fourth-order valence-corrected chi connectivity index (χ4v) is 9.13. The second-order valence-electron chi connectivity index (χ2n) is 8.36. The fraction of sp³-hybridized carbons (Fsp3) is 0.138. The maximum Gasteiger partial charge on any atom is 0.286 e. The lowest BCUT2D eigenvalue weighted by molar-refractivity contribution is -0.676. The largest absolute Gasteiger partial charge is 0.286 e. The van der Waals surface area contributed by atoms with Crippen LogP contribution in [0.15, 0.2) is 115 Å². The first-order valence-electron chi connectivity index (χ1n) is 11.4. The SMILES string of the molecule is Cc1c(P(=S)(c2ccccc2)c2ccccc2)n2ccccc2[n+]1CCCc1ccccc1. The van der Waals surface area contributed by atoms with Crippen LogP contribution in [-0.4, -0.2) is 4.40 Å². The van der Waals surface area contributed by atoms with Crippen LogP contribution in [0.5, 0.6) is 0 Å². The molecule has 0 saturated heterocycles. The molecule has 164 valence electrons. The van der Waals surface area contributed by atoms with Gasteiger partial charge < -0.3 is 0 Å². The van der Waals surface area contributed by atoms with Gasteiger partial charge in [-0.3, -0.25) is 0 Å². The Labute approximate surface area is 201 Å². The molecule has 5 aromatic rings. The van der Waals surface area contributed by atoms with Gasteiger partial charge in [0.2, 0.25) is 0 Å². The van der Waals surface area contributed by atoms with Crippen LogP contribution in [0.3, 0.4) is 0 Å². The van der Waals surface area contributed by atoms with Crippen molar-refractivity contribution in [2.45, 2.75) is 26.3 Å². The third kappa shape index (κ3) is 4.08. The monoisotopic (exact) mass is 467 g/mol. The van der Waals surface area contributed by atoms with Crippen LogP contribution in [0.4, 0.5) is 0 Å². The molecule has 0 aliphatic rings. The van der Waals surface area contributed by atoms with Crippen LogP contribution in [0, 0.1) is 6.92 Å². The highest BCUT2D eigenvalue weighted by atomic mass is 32.4. The van der Waals surface area contributed by atoms with Gasteiger partial charge in [0.1, 0.15) is 5.69 Å². The summed E-state index contributed by atoms with van der Waals surface area (Å²) >= 11 is 6.70. The highest BCUT2D eigenvalue weighted by Crippen LogP contribution is 2.43. The van der Waals surface area contributed by atoms with E-state index in [1.54, 1.807) is 0 Å². The maximum absolute atomic E-state index is 6.70. The fourth-order valence-electron chi connectivity index (χ4n) is 4.72. The minimum atomic E-state index is -2.25. The standard InChI is InChI=1S/C29H28N2PS/c1-24-29(32(33,26-17-7-3-8-18-26)27-19-9-4-10-20-27)31-22-12-11-21-28(31)30(24)23-13-16-25-14-5-2-6-15-25/h2-12,14-15,17-22H,13,16,23H2,1H3/q+1. The van der Waals surface area contributed by atoms with E-state index in [4.69, 9.17) is 11.8 Å². The van der Waals surface area contributed by atoms with Gasteiger partial charge in [0.25, 0.3) is 5.65 Å². The normalized spacial score (nSPS) is 11.7. The number of hydrogen-bond acceptors (Lipinski definition) is 1. The van der Waals surface area contributed by atoms with E-state index in [2.05, 4.69) is 131 Å². The van der Waals surface area contributed by atoms with E-state index in [-0.39, 0.29) is 0 Å². The second-order valence-corrected chi connectivity index (χ2v) is 12.7. The van der Waals surface area contributed by atoms with E-state index in [9.17, 15) is 0 Å². The van der Waals surface area contributed by atoms with Gasteiger partial charge in [-0.15, -0.1) is 0 Å². The highest BCUT2D eigenvalue weighted by Gasteiger charge is 2.36. The van der Waals surface area contributed by atoms with Crippen LogP contribution >= 0.6 is 6.04 Å². The number of rotatable bonds is 7. The molecule has 0 bridgehead atoms. The van der Waals surface area contributed by atoms with Crippen molar-refractivity contribution in [1.29, 1.82) is 0 Å². The van der Waals surface area contributed by atoms with Gasteiger partial charge in [-0.25, -0.2) is 4.57 Å². The maximum atomic E-state index is 6.70. The first-order valence-corrected chi connectivity index (χ1v) is 14.2. The van der Waals surface area contributed by atoms with Crippen molar-refractivity contribution in [3.63, 3.8) is 0 Å². The van der Waals surface area contributed by atoms with Crippen molar-refractivity contribution in [3.05, 3.63) is 127 Å². The van der Waals surface area contributed by atoms with Crippen molar-refractivity contribution in [2.24, 2.45) is 0 Å². The van der Waals surface area contributed by atoms with Crippen molar-refractivity contribution in [3.8, 4) is 0 Å². The van der Waals surface area contributed by atoms with Crippen LogP contribution < -0.4 is 20.6 Å². The Morgan fingerprint density at radius 2 is 1.27 bits per heavy atom. The molecule has 0 unspecified atom stereocenters. The van der Waals surface area contributed by atoms with Gasteiger partial charge in [-0.05, 0) is 35.1 Å². The molecule has 0 N–H and O–H groups in total. The van der Waals surface area contributed by atoms with E-state index in [0.29, 0.717) is 0 Å². The molecule has 0 aliphatic heterocycles. The predicted molar refractivity (Wildman–Crippen MR) is 143 cm³/mol. The summed E-state index contributed by atoms with van der Waals surface area (Å²) in [7, 11) is 0. The van der Waals surface area contributed by atoms with Gasteiger partial charge >= 0.3 is 0 Å². The quantitative estimate of drug-likeness (QED) is 0.244. The van der Waals surface area contributed by atoms with E-state index in [1.807, 2.05) is 0 Å². The molecule has 0 amide bonds. The third-order valence-electron chi connectivity index (χ3n) is 6.30. The van der Waals surface area contributed by atoms with Crippen molar-refractivity contribution < 1.29 is 4.57 Å². The zero-order valence-electron chi connectivity index (χ0n) is 18.8. The van der Waals surface area contributed by atoms with Gasteiger partial charge in [-0.1, -0.05) is 109 Å².